The van der Waals surface area contributed by atoms with Gasteiger partial charge in [-0.3, -0.25) is 14.5 Å². The summed E-state index contributed by atoms with van der Waals surface area (Å²) >= 11 is 6.20. The lowest BCUT2D eigenvalue weighted by molar-refractivity contribution is -0.134. The van der Waals surface area contributed by atoms with Gasteiger partial charge in [-0.1, -0.05) is 49.9 Å². The molecule has 2 aromatic rings. The fraction of sp³-hybridized carbons (Fsp3) is 0.522. The molecule has 2 fully saturated rings. The third kappa shape index (κ3) is 4.88. The fourth-order valence-corrected chi connectivity index (χ4v) is 4.74. The second kappa shape index (κ2) is 9.91. The van der Waals surface area contributed by atoms with Gasteiger partial charge in [0.1, 0.15) is 5.54 Å². The van der Waals surface area contributed by atoms with Crippen molar-refractivity contribution in [3.8, 4) is 11.5 Å². The second-order valence-electron chi connectivity index (χ2n) is 8.58. The quantitative estimate of drug-likeness (QED) is 0.584. The van der Waals surface area contributed by atoms with Crippen LogP contribution in [0.25, 0.3) is 11.5 Å². The van der Waals surface area contributed by atoms with Gasteiger partial charge in [-0.15, -0.1) is 10.2 Å². The molecule has 1 N–H and O–H groups in total. The maximum Gasteiger partial charge on any atom is 0.325 e. The molecule has 4 amide bonds. The largest absolute Gasteiger partial charge is 0.419 e. The van der Waals surface area contributed by atoms with Gasteiger partial charge in [0.05, 0.1) is 17.1 Å². The van der Waals surface area contributed by atoms with E-state index in [4.69, 9.17) is 16.0 Å². The Hall–Kier alpha value is -2.94. The van der Waals surface area contributed by atoms with E-state index >= 15 is 0 Å². The monoisotopic (exact) mass is 473 g/mol. The first kappa shape index (κ1) is 23.2. The number of amides is 4. The van der Waals surface area contributed by atoms with E-state index in [1.54, 1.807) is 17.0 Å². The minimum absolute atomic E-state index is 0.0424. The van der Waals surface area contributed by atoms with Crippen LogP contribution < -0.4 is 5.32 Å². The zero-order valence-electron chi connectivity index (χ0n) is 18.7. The highest BCUT2D eigenvalue weighted by Crippen LogP contribution is 2.33. The van der Waals surface area contributed by atoms with Crippen molar-refractivity contribution in [3.05, 3.63) is 35.2 Å². The van der Waals surface area contributed by atoms with Crippen molar-refractivity contribution in [3.63, 3.8) is 0 Å². The molecule has 10 heteroatoms. The third-order valence-electron chi connectivity index (χ3n) is 6.25. The number of benzene rings is 1. The average molecular weight is 474 g/mol. The van der Waals surface area contributed by atoms with Gasteiger partial charge in [-0.25, -0.2) is 4.79 Å². The summed E-state index contributed by atoms with van der Waals surface area (Å²) in [5, 5.41) is 11.5. The molecule has 2 aliphatic rings. The van der Waals surface area contributed by atoms with Crippen LogP contribution in [0.2, 0.25) is 5.02 Å². The summed E-state index contributed by atoms with van der Waals surface area (Å²) in [5.41, 5.74) is -0.151. The number of nitrogens with one attached hydrogen (secondary N) is 1. The van der Waals surface area contributed by atoms with Crippen molar-refractivity contribution in [1.82, 2.24) is 25.3 Å². The second-order valence-corrected chi connectivity index (χ2v) is 8.98. The van der Waals surface area contributed by atoms with Gasteiger partial charge >= 0.3 is 6.03 Å². The molecule has 1 saturated heterocycles. The smallest absolute Gasteiger partial charge is 0.325 e. The van der Waals surface area contributed by atoms with Crippen LogP contribution in [0.1, 0.15) is 57.8 Å². The number of carbonyl (C=O) groups excluding carboxylic acids is 3. The molecule has 9 nitrogen and oxygen atoms in total. The summed E-state index contributed by atoms with van der Waals surface area (Å²) < 4.78 is 5.74. The van der Waals surface area contributed by atoms with E-state index < -0.39 is 11.6 Å². The molecule has 0 atom stereocenters. The molecule has 2 heterocycles. The van der Waals surface area contributed by atoms with E-state index in [0.717, 1.165) is 25.7 Å². The molecule has 1 aromatic carbocycles. The number of aromatic nitrogens is 2. The van der Waals surface area contributed by atoms with Gasteiger partial charge < -0.3 is 14.6 Å². The highest BCUT2D eigenvalue weighted by molar-refractivity contribution is 6.33. The normalized spacial score (nSPS) is 17.5. The molecule has 0 unspecified atom stereocenters. The number of halogens is 1. The maximum atomic E-state index is 13.0. The van der Waals surface area contributed by atoms with Crippen molar-refractivity contribution < 1.29 is 18.8 Å². The molecule has 1 aliphatic carbocycles. The van der Waals surface area contributed by atoms with E-state index in [1.807, 2.05) is 19.1 Å². The van der Waals surface area contributed by atoms with Crippen LogP contribution in [0.3, 0.4) is 0 Å². The predicted octanol–water partition coefficient (Wildman–Crippen LogP) is 3.77. The van der Waals surface area contributed by atoms with Crippen LogP contribution in [0.15, 0.2) is 28.7 Å². The van der Waals surface area contributed by atoms with Crippen molar-refractivity contribution in [2.75, 3.05) is 13.1 Å². The summed E-state index contributed by atoms with van der Waals surface area (Å²) in [7, 11) is 0. The van der Waals surface area contributed by atoms with Crippen LogP contribution in [-0.4, -0.2) is 56.5 Å². The van der Waals surface area contributed by atoms with Gasteiger partial charge in [0.2, 0.25) is 17.7 Å². The highest BCUT2D eigenvalue weighted by Gasteiger charge is 2.51. The zero-order valence-corrected chi connectivity index (χ0v) is 19.4. The minimum atomic E-state index is -0.777. The van der Waals surface area contributed by atoms with E-state index in [0.29, 0.717) is 35.9 Å². The summed E-state index contributed by atoms with van der Waals surface area (Å²) in [6.07, 6.45) is 5.02. The molecular weight excluding hydrogens is 446 g/mol. The lowest BCUT2D eigenvalue weighted by Crippen LogP contribution is -2.48. The number of imide groups is 1. The van der Waals surface area contributed by atoms with Crippen LogP contribution in [0.4, 0.5) is 4.79 Å². The molecule has 0 bridgehead atoms. The SMILES string of the molecule is CCCN(Cc1nnc(-c2ccccc2Cl)o1)C(=O)CCN1C(=O)NC2(CCCCC2)C1=O. The molecule has 1 aromatic heterocycles. The Morgan fingerprint density at radius 3 is 2.70 bits per heavy atom. The number of hydrogen-bond donors (Lipinski definition) is 1. The lowest BCUT2D eigenvalue weighted by atomic mass is 9.82. The Morgan fingerprint density at radius 1 is 1.21 bits per heavy atom. The predicted molar refractivity (Wildman–Crippen MR) is 121 cm³/mol. The zero-order chi connectivity index (χ0) is 23.4. The topological polar surface area (TPSA) is 109 Å². The Kier molecular flexibility index (Phi) is 6.97. The van der Waals surface area contributed by atoms with Crippen LogP contribution in [-0.2, 0) is 16.1 Å². The Morgan fingerprint density at radius 2 is 1.97 bits per heavy atom. The van der Waals surface area contributed by atoms with Gasteiger partial charge in [0.15, 0.2) is 0 Å². The van der Waals surface area contributed by atoms with E-state index in [-0.39, 0.29) is 37.2 Å². The van der Waals surface area contributed by atoms with E-state index in [9.17, 15) is 14.4 Å². The van der Waals surface area contributed by atoms with Gasteiger partial charge in [0.25, 0.3) is 5.91 Å². The molecule has 176 valence electrons. The van der Waals surface area contributed by atoms with Gasteiger partial charge in [-0.2, -0.15) is 0 Å². The Bertz CT molecular complexity index is 1030. The lowest BCUT2D eigenvalue weighted by Gasteiger charge is -2.30. The molecular formula is C23H28ClN5O4. The molecule has 4 rings (SSSR count). The highest BCUT2D eigenvalue weighted by atomic mass is 35.5. The summed E-state index contributed by atoms with van der Waals surface area (Å²) in [5.74, 6) is 0.197. The van der Waals surface area contributed by atoms with Crippen LogP contribution >= 0.6 is 11.6 Å². The minimum Gasteiger partial charge on any atom is -0.419 e. The number of carbonyl (C=O) groups is 3. The van der Waals surface area contributed by atoms with Crippen molar-refractivity contribution in [2.24, 2.45) is 0 Å². The van der Waals surface area contributed by atoms with Gasteiger partial charge in [-0.05, 0) is 31.4 Å². The summed E-state index contributed by atoms with van der Waals surface area (Å²) in [6.45, 7) is 2.66. The first-order valence-corrected chi connectivity index (χ1v) is 11.8. The first-order chi connectivity index (χ1) is 15.9. The molecule has 0 radical (unpaired) electrons. The summed E-state index contributed by atoms with van der Waals surface area (Å²) in [4.78, 5) is 41.1. The Labute approximate surface area is 197 Å². The average Bonchev–Trinajstić information content (AvgIpc) is 3.35. The maximum absolute atomic E-state index is 13.0. The number of rotatable bonds is 8. The molecule has 1 saturated carbocycles. The molecule has 1 aliphatic heterocycles. The molecule has 1 spiro atoms. The van der Waals surface area contributed by atoms with Crippen molar-refractivity contribution in [1.29, 1.82) is 0 Å². The van der Waals surface area contributed by atoms with E-state index in [2.05, 4.69) is 15.5 Å². The first-order valence-electron chi connectivity index (χ1n) is 11.4. The number of hydrogen-bond acceptors (Lipinski definition) is 6. The number of urea groups is 1. The van der Waals surface area contributed by atoms with Crippen molar-refractivity contribution >= 4 is 29.4 Å². The molecule has 33 heavy (non-hydrogen) atoms. The van der Waals surface area contributed by atoms with Crippen molar-refractivity contribution in [2.45, 2.75) is 64.0 Å². The van der Waals surface area contributed by atoms with E-state index in [1.165, 1.54) is 4.90 Å². The summed E-state index contributed by atoms with van der Waals surface area (Å²) in [6, 6.07) is 6.75. The third-order valence-corrected chi connectivity index (χ3v) is 6.58. The van der Waals surface area contributed by atoms with Gasteiger partial charge in [0, 0.05) is 19.5 Å². The number of nitrogens with zero attached hydrogens (tertiary/aromatic N) is 4. The fourth-order valence-electron chi connectivity index (χ4n) is 4.53. The van der Waals surface area contributed by atoms with Crippen LogP contribution in [0, 0.1) is 0 Å². The Balaban J connectivity index is 1.38. The standard InChI is InChI=1S/C23H28ClN5O4/c1-2-13-28(15-18-26-27-20(33-18)16-8-4-5-9-17(16)24)19(30)10-14-29-21(31)23(25-22(29)32)11-6-3-7-12-23/h4-5,8-9H,2-3,6-7,10-15H2,1H3,(H,25,32). The van der Waals surface area contributed by atoms with Crippen LogP contribution in [0.5, 0.6) is 0 Å².